The van der Waals surface area contributed by atoms with Crippen molar-refractivity contribution >= 4 is 26.8 Å². The number of nitrogens with zero attached hydrogens (tertiary/aromatic N) is 2. The highest BCUT2D eigenvalue weighted by atomic mass is 79.9. The van der Waals surface area contributed by atoms with Crippen LogP contribution in [0.2, 0.25) is 0 Å². The normalized spacial score (nSPS) is 11.1. The molecule has 2 aromatic heterocycles. The van der Waals surface area contributed by atoms with E-state index < -0.39 is 11.4 Å². The van der Waals surface area contributed by atoms with Crippen LogP contribution in [0.25, 0.3) is 10.9 Å². The first-order chi connectivity index (χ1) is 14.0. The Morgan fingerprint density at radius 1 is 1.17 bits per heavy atom. The zero-order valence-electron chi connectivity index (χ0n) is 15.4. The Kier molecular flexibility index (Phi) is 5.26. The Morgan fingerprint density at radius 3 is 2.66 bits per heavy atom. The van der Waals surface area contributed by atoms with E-state index in [-0.39, 0.29) is 6.54 Å². The average Bonchev–Trinajstić information content (AvgIpc) is 3.20. The number of fused-ring (bicyclic) bond motifs is 1. The molecule has 148 valence electrons. The molecule has 0 unspecified atom stereocenters. The maximum atomic E-state index is 11.8. The van der Waals surface area contributed by atoms with Crippen molar-refractivity contribution < 1.29 is 9.26 Å². The monoisotopic (exact) mass is 455 g/mol. The lowest BCUT2D eigenvalue weighted by Gasteiger charge is -2.08. The second-order valence-corrected chi connectivity index (χ2v) is 7.45. The molecular formula is C21H18BrN3O4. The van der Waals surface area contributed by atoms with Crippen molar-refractivity contribution in [1.82, 2.24) is 14.3 Å². The number of aromatic amines is 1. The lowest BCUT2D eigenvalue weighted by molar-refractivity contribution is 0.258. The van der Waals surface area contributed by atoms with Crippen LogP contribution < -0.4 is 16.2 Å². The fraction of sp³-hybridized carbons (Fsp3) is 0.143. The zero-order chi connectivity index (χ0) is 20.4. The van der Waals surface area contributed by atoms with Crippen LogP contribution >= 0.6 is 15.9 Å². The second kappa shape index (κ2) is 8.00. The quantitative estimate of drug-likeness (QED) is 0.431. The molecule has 4 aromatic rings. The smallest absolute Gasteiger partial charge is 0.440 e. The predicted octanol–water partition coefficient (Wildman–Crippen LogP) is 3.66. The Balaban J connectivity index is 1.66. The van der Waals surface area contributed by atoms with Crippen molar-refractivity contribution in [2.75, 3.05) is 0 Å². The van der Waals surface area contributed by atoms with E-state index in [1.807, 2.05) is 53.2 Å². The van der Waals surface area contributed by atoms with Gasteiger partial charge in [-0.1, -0.05) is 34.1 Å². The summed E-state index contributed by atoms with van der Waals surface area (Å²) in [5, 5.41) is 0.913. The molecule has 7 nitrogen and oxygen atoms in total. The number of aromatic nitrogens is 3. The van der Waals surface area contributed by atoms with E-state index in [9.17, 15) is 9.59 Å². The van der Waals surface area contributed by atoms with E-state index in [1.54, 1.807) is 6.08 Å². The van der Waals surface area contributed by atoms with Crippen molar-refractivity contribution in [3.8, 4) is 5.75 Å². The summed E-state index contributed by atoms with van der Waals surface area (Å²) in [6, 6.07) is 13.7. The van der Waals surface area contributed by atoms with Crippen molar-refractivity contribution in [2.45, 2.75) is 19.7 Å². The van der Waals surface area contributed by atoms with Gasteiger partial charge in [-0.05, 0) is 35.9 Å². The highest BCUT2D eigenvalue weighted by Crippen LogP contribution is 2.27. The number of halogens is 1. The zero-order valence-corrected chi connectivity index (χ0v) is 17.0. The molecule has 0 aliphatic heterocycles. The van der Waals surface area contributed by atoms with Crippen LogP contribution in [0, 0.1) is 0 Å². The summed E-state index contributed by atoms with van der Waals surface area (Å²) in [7, 11) is 0. The van der Waals surface area contributed by atoms with Gasteiger partial charge >= 0.3 is 11.4 Å². The number of benzene rings is 2. The highest BCUT2D eigenvalue weighted by Gasteiger charge is 2.13. The van der Waals surface area contributed by atoms with E-state index in [0.717, 1.165) is 31.2 Å². The number of H-pyrrole nitrogens is 1. The highest BCUT2D eigenvalue weighted by molar-refractivity contribution is 9.10. The van der Waals surface area contributed by atoms with Crippen LogP contribution in [0.1, 0.15) is 11.1 Å². The van der Waals surface area contributed by atoms with Gasteiger partial charge in [0, 0.05) is 33.7 Å². The maximum absolute atomic E-state index is 11.8. The largest absolute Gasteiger partial charge is 0.489 e. The van der Waals surface area contributed by atoms with Gasteiger partial charge in [0.25, 0.3) is 0 Å². The Hall–Kier alpha value is -3.26. The molecule has 0 atom stereocenters. The third-order valence-electron chi connectivity index (χ3n) is 4.52. The van der Waals surface area contributed by atoms with E-state index in [0.29, 0.717) is 18.9 Å². The minimum atomic E-state index is -0.775. The fourth-order valence-corrected chi connectivity index (χ4v) is 3.44. The second-order valence-electron chi connectivity index (χ2n) is 6.53. The summed E-state index contributed by atoms with van der Waals surface area (Å²) >= 11 is 3.42. The third kappa shape index (κ3) is 4.12. The molecule has 0 bridgehead atoms. The summed E-state index contributed by atoms with van der Waals surface area (Å²) in [5.74, 6) is -0.0655. The van der Waals surface area contributed by atoms with Crippen LogP contribution in [-0.2, 0) is 19.7 Å². The van der Waals surface area contributed by atoms with Crippen LogP contribution in [0.4, 0.5) is 0 Å². The SMILES string of the molecule is C=CCn1cc(Cn2oc(=O)[nH]c2=O)c2cc(OCc3ccc(Br)cc3)ccc21. The van der Waals surface area contributed by atoms with Gasteiger partial charge in [0.15, 0.2) is 0 Å². The Bertz CT molecular complexity index is 1280. The van der Waals surface area contributed by atoms with Gasteiger partial charge < -0.3 is 13.8 Å². The summed E-state index contributed by atoms with van der Waals surface area (Å²) in [6.07, 6.45) is 3.72. The van der Waals surface area contributed by atoms with Crippen molar-refractivity contribution in [3.05, 3.63) is 98.0 Å². The maximum Gasteiger partial charge on any atom is 0.440 e. The summed E-state index contributed by atoms with van der Waals surface area (Å²) in [4.78, 5) is 25.2. The van der Waals surface area contributed by atoms with Crippen LogP contribution in [-0.4, -0.2) is 14.3 Å². The lowest BCUT2D eigenvalue weighted by Crippen LogP contribution is -2.17. The third-order valence-corrected chi connectivity index (χ3v) is 5.05. The van der Waals surface area contributed by atoms with E-state index in [1.165, 1.54) is 0 Å². The number of rotatable bonds is 7. The van der Waals surface area contributed by atoms with Crippen LogP contribution in [0.5, 0.6) is 5.75 Å². The van der Waals surface area contributed by atoms with Gasteiger partial charge in [-0.3, -0.25) is 0 Å². The molecule has 2 aromatic carbocycles. The molecule has 0 aliphatic carbocycles. The minimum Gasteiger partial charge on any atom is -0.489 e. The van der Waals surface area contributed by atoms with Gasteiger partial charge in [-0.2, -0.15) is 0 Å². The first-order valence-corrected chi connectivity index (χ1v) is 9.73. The molecule has 0 fully saturated rings. The van der Waals surface area contributed by atoms with Gasteiger partial charge in [0.05, 0.1) is 6.54 Å². The first kappa shape index (κ1) is 19.1. The molecule has 1 N–H and O–H groups in total. The van der Waals surface area contributed by atoms with Crippen LogP contribution in [0.3, 0.4) is 0 Å². The van der Waals surface area contributed by atoms with Gasteiger partial charge in [-0.25, -0.2) is 14.6 Å². The summed E-state index contributed by atoms with van der Waals surface area (Å²) in [5.41, 5.74) is 2.28. The molecule has 8 heteroatoms. The molecule has 0 aliphatic rings. The molecule has 0 saturated heterocycles. The minimum absolute atomic E-state index is 0.133. The topological polar surface area (TPSA) is 82.2 Å². The number of allylic oxidation sites excluding steroid dienone is 1. The number of ether oxygens (including phenoxy) is 1. The lowest BCUT2D eigenvalue weighted by atomic mass is 10.1. The number of nitrogens with one attached hydrogen (secondary N) is 1. The van der Waals surface area contributed by atoms with Gasteiger partial charge in [0.1, 0.15) is 12.4 Å². The molecular weight excluding hydrogens is 438 g/mol. The van der Waals surface area contributed by atoms with Crippen molar-refractivity contribution in [1.29, 1.82) is 0 Å². The molecule has 0 amide bonds. The molecule has 0 saturated carbocycles. The van der Waals surface area contributed by atoms with E-state index >= 15 is 0 Å². The molecule has 4 rings (SSSR count). The summed E-state index contributed by atoms with van der Waals surface area (Å²) in [6.45, 7) is 4.98. The molecule has 0 spiro atoms. The molecule has 0 radical (unpaired) electrons. The number of hydrogen-bond donors (Lipinski definition) is 1. The van der Waals surface area contributed by atoms with E-state index in [4.69, 9.17) is 9.26 Å². The number of hydrogen-bond acceptors (Lipinski definition) is 4. The Morgan fingerprint density at radius 2 is 1.97 bits per heavy atom. The Labute approximate surface area is 173 Å². The average molecular weight is 456 g/mol. The predicted molar refractivity (Wildman–Crippen MR) is 113 cm³/mol. The molecule has 2 heterocycles. The first-order valence-electron chi connectivity index (χ1n) is 8.94. The fourth-order valence-electron chi connectivity index (χ4n) is 3.18. The summed E-state index contributed by atoms with van der Waals surface area (Å²) < 4.78 is 14.9. The van der Waals surface area contributed by atoms with Gasteiger partial charge in [-0.15, -0.1) is 11.3 Å². The van der Waals surface area contributed by atoms with Crippen molar-refractivity contribution in [2.24, 2.45) is 0 Å². The van der Waals surface area contributed by atoms with E-state index in [2.05, 4.69) is 27.5 Å². The van der Waals surface area contributed by atoms with Crippen LogP contribution in [0.15, 0.2) is 79.9 Å². The standard InChI is InChI=1S/C21H18BrN3O4/c1-2-9-24-11-15(12-25-20(26)23-21(27)29-25)18-10-17(7-8-19(18)24)28-13-14-3-5-16(22)6-4-14/h2-8,10-11H,1,9,12-13H2,(H,23,26,27). The van der Waals surface area contributed by atoms with Crippen molar-refractivity contribution in [3.63, 3.8) is 0 Å². The van der Waals surface area contributed by atoms with Gasteiger partial charge in [0.2, 0.25) is 0 Å². The molecule has 29 heavy (non-hydrogen) atoms.